The third-order valence-electron chi connectivity index (χ3n) is 5.84. The minimum absolute atomic E-state index is 0.340. The zero-order chi connectivity index (χ0) is 21.5. The predicted molar refractivity (Wildman–Crippen MR) is 118 cm³/mol. The first-order chi connectivity index (χ1) is 13.6. The minimum Gasteiger partial charge on any atom is -0.507 e. The second kappa shape index (κ2) is 7.82. The maximum absolute atomic E-state index is 10.6. The van der Waals surface area contributed by atoms with Crippen molar-refractivity contribution in [3.8, 4) is 17.2 Å². The van der Waals surface area contributed by atoms with Crippen LogP contribution in [-0.4, -0.2) is 15.3 Å². The van der Waals surface area contributed by atoms with Gasteiger partial charge in [0.25, 0.3) is 0 Å². The Kier molecular flexibility index (Phi) is 5.61. The van der Waals surface area contributed by atoms with Crippen molar-refractivity contribution in [3.63, 3.8) is 0 Å². The highest BCUT2D eigenvalue weighted by Crippen LogP contribution is 2.33. The Morgan fingerprint density at radius 2 is 0.897 bits per heavy atom. The fourth-order valence-corrected chi connectivity index (χ4v) is 4.22. The van der Waals surface area contributed by atoms with Gasteiger partial charge in [0.1, 0.15) is 17.2 Å². The Labute approximate surface area is 173 Å². The second-order valence-electron chi connectivity index (χ2n) is 8.31. The molecule has 0 saturated carbocycles. The summed E-state index contributed by atoms with van der Waals surface area (Å²) in [5.74, 6) is 1.03. The summed E-state index contributed by atoms with van der Waals surface area (Å²) >= 11 is 0. The van der Waals surface area contributed by atoms with Gasteiger partial charge in [-0.05, 0) is 110 Å². The molecule has 0 fully saturated rings. The smallest absolute Gasteiger partial charge is 0.121 e. The molecule has 0 heterocycles. The van der Waals surface area contributed by atoms with Gasteiger partial charge in [-0.15, -0.1) is 0 Å². The zero-order valence-corrected chi connectivity index (χ0v) is 18.1. The van der Waals surface area contributed by atoms with Crippen molar-refractivity contribution in [1.82, 2.24) is 0 Å². The third-order valence-corrected chi connectivity index (χ3v) is 5.84. The van der Waals surface area contributed by atoms with Gasteiger partial charge in [0, 0.05) is 0 Å². The van der Waals surface area contributed by atoms with E-state index in [1.807, 2.05) is 65.8 Å². The first-order valence-corrected chi connectivity index (χ1v) is 9.97. The number of rotatable bonds is 4. The molecule has 0 bridgehead atoms. The van der Waals surface area contributed by atoms with E-state index >= 15 is 0 Å². The normalized spacial score (nSPS) is 11.1. The van der Waals surface area contributed by atoms with Crippen molar-refractivity contribution < 1.29 is 15.3 Å². The molecule has 3 aromatic carbocycles. The highest BCUT2D eigenvalue weighted by molar-refractivity contribution is 5.53. The van der Waals surface area contributed by atoms with Crippen LogP contribution in [-0.2, 0) is 12.8 Å². The molecule has 3 rings (SSSR count). The molecule has 0 saturated heterocycles. The van der Waals surface area contributed by atoms with Crippen LogP contribution in [0.1, 0.15) is 55.6 Å². The number of hydrogen-bond donors (Lipinski definition) is 3. The summed E-state index contributed by atoms with van der Waals surface area (Å²) in [6, 6.07) is 10.1. The molecule has 0 radical (unpaired) electrons. The van der Waals surface area contributed by atoms with Crippen LogP contribution in [0.25, 0.3) is 0 Å². The predicted octanol–water partition coefficient (Wildman–Crippen LogP) is 5.84. The van der Waals surface area contributed by atoms with Crippen LogP contribution >= 0.6 is 0 Å². The van der Waals surface area contributed by atoms with Gasteiger partial charge in [0.15, 0.2) is 0 Å². The molecule has 0 atom stereocenters. The summed E-state index contributed by atoms with van der Waals surface area (Å²) in [6.07, 6.45) is 1.42. The second-order valence-corrected chi connectivity index (χ2v) is 8.31. The van der Waals surface area contributed by atoms with Crippen LogP contribution in [0.15, 0.2) is 30.3 Å². The quantitative estimate of drug-likeness (QED) is 0.525. The average Bonchev–Trinajstić information content (AvgIpc) is 2.65. The lowest BCUT2D eigenvalue weighted by Gasteiger charge is -2.18. The van der Waals surface area contributed by atoms with Gasteiger partial charge < -0.3 is 15.3 Å². The van der Waals surface area contributed by atoms with Crippen molar-refractivity contribution in [2.45, 2.75) is 54.4 Å². The van der Waals surface area contributed by atoms with Crippen LogP contribution in [0.2, 0.25) is 0 Å². The number of phenols is 3. The van der Waals surface area contributed by atoms with Gasteiger partial charge in [-0.3, -0.25) is 0 Å². The maximum atomic E-state index is 10.6. The molecule has 29 heavy (non-hydrogen) atoms. The van der Waals surface area contributed by atoms with E-state index in [4.69, 9.17) is 0 Å². The molecular formula is C26H30O3. The number of hydrogen-bond acceptors (Lipinski definition) is 3. The Bertz CT molecular complexity index is 1050. The lowest BCUT2D eigenvalue weighted by molar-refractivity contribution is 0.465. The summed E-state index contributed by atoms with van der Waals surface area (Å²) in [5.41, 5.74) is 9.77. The van der Waals surface area contributed by atoms with Crippen molar-refractivity contribution in [3.05, 3.63) is 86.0 Å². The van der Waals surface area contributed by atoms with Crippen LogP contribution < -0.4 is 0 Å². The van der Waals surface area contributed by atoms with Crippen molar-refractivity contribution in [2.24, 2.45) is 0 Å². The van der Waals surface area contributed by atoms with Gasteiger partial charge in [-0.2, -0.15) is 0 Å². The molecule has 3 aromatic rings. The first kappa shape index (κ1) is 20.8. The third kappa shape index (κ3) is 4.09. The van der Waals surface area contributed by atoms with E-state index in [0.29, 0.717) is 23.7 Å². The average molecular weight is 391 g/mol. The Morgan fingerprint density at radius 3 is 1.34 bits per heavy atom. The van der Waals surface area contributed by atoms with E-state index in [1.165, 1.54) is 5.56 Å². The number of phenolic OH excluding ortho intramolecular Hbond substituents is 3. The Hall–Kier alpha value is -2.94. The lowest BCUT2D eigenvalue weighted by atomic mass is 9.88. The zero-order valence-electron chi connectivity index (χ0n) is 18.1. The largest absolute Gasteiger partial charge is 0.507 e. The minimum atomic E-state index is 0.340. The summed E-state index contributed by atoms with van der Waals surface area (Å²) < 4.78 is 0. The highest BCUT2D eigenvalue weighted by Gasteiger charge is 2.16. The molecule has 0 aliphatic heterocycles. The Morgan fingerprint density at radius 1 is 0.517 bits per heavy atom. The molecule has 152 valence electrons. The molecular weight excluding hydrogens is 360 g/mol. The number of aromatic hydroxyl groups is 3. The van der Waals surface area contributed by atoms with Crippen LogP contribution in [0, 0.1) is 41.5 Å². The van der Waals surface area contributed by atoms with Gasteiger partial charge in [-0.1, -0.05) is 30.3 Å². The molecule has 3 nitrogen and oxygen atoms in total. The number of benzene rings is 3. The molecule has 0 aromatic heterocycles. The molecule has 3 heteroatoms. The topological polar surface area (TPSA) is 60.7 Å². The Balaban J connectivity index is 2.08. The van der Waals surface area contributed by atoms with E-state index in [0.717, 1.165) is 56.5 Å². The summed E-state index contributed by atoms with van der Waals surface area (Å²) in [4.78, 5) is 0. The fraction of sp³-hybridized carbons (Fsp3) is 0.308. The maximum Gasteiger partial charge on any atom is 0.121 e. The van der Waals surface area contributed by atoms with E-state index in [2.05, 4.69) is 6.07 Å². The highest BCUT2D eigenvalue weighted by atomic mass is 16.3. The van der Waals surface area contributed by atoms with Crippen molar-refractivity contribution in [2.75, 3.05) is 0 Å². The molecule has 0 aliphatic carbocycles. The molecule has 3 N–H and O–H groups in total. The fourth-order valence-electron chi connectivity index (χ4n) is 4.22. The van der Waals surface area contributed by atoms with E-state index in [9.17, 15) is 15.3 Å². The van der Waals surface area contributed by atoms with Gasteiger partial charge in [0.2, 0.25) is 0 Å². The van der Waals surface area contributed by atoms with Gasteiger partial charge in [-0.25, -0.2) is 0 Å². The number of aryl methyl sites for hydroxylation is 5. The van der Waals surface area contributed by atoms with Crippen molar-refractivity contribution in [1.29, 1.82) is 0 Å². The molecule has 0 aliphatic rings. The summed E-state index contributed by atoms with van der Waals surface area (Å²) in [5, 5.41) is 30.7. The monoisotopic (exact) mass is 390 g/mol. The lowest BCUT2D eigenvalue weighted by Crippen LogP contribution is -2.03. The van der Waals surface area contributed by atoms with Crippen LogP contribution in [0.4, 0.5) is 0 Å². The van der Waals surface area contributed by atoms with E-state index in [1.54, 1.807) is 0 Å². The molecule has 0 spiro atoms. The van der Waals surface area contributed by atoms with Crippen molar-refractivity contribution >= 4 is 0 Å². The van der Waals surface area contributed by atoms with Gasteiger partial charge in [0.05, 0.1) is 0 Å². The van der Waals surface area contributed by atoms with E-state index in [-0.39, 0.29) is 0 Å². The van der Waals surface area contributed by atoms with Crippen LogP contribution in [0.5, 0.6) is 17.2 Å². The van der Waals surface area contributed by atoms with E-state index < -0.39 is 0 Å². The summed E-state index contributed by atoms with van der Waals surface area (Å²) in [6.45, 7) is 11.6. The SMILES string of the molecule is Cc1cc(Cc2cc(C)c(O)c(C)c2Cc2cc(C)c(O)c(C)c2)cc(C)c1O. The first-order valence-electron chi connectivity index (χ1n) is 9.97. The molecule has 0 unspecified atom stereocenters. The van der Waals surface area contributed by atoms with Gasteiger partial charge >= 0.3 is 0 Å². The molecule has 0 amide bonds. The van der Waals surface area contributed by atoms with Crippen LogP contribution in [0.3, 0.4) is 0 Å². The summed E-state index contributed by atoms with van der Waals surface area (Å²) in [7, 11) is 0. The standard InChI is InChI=1S/C26H30O3/c1-14-7-20(8-15(2)24(14)27)12-22-11-18(5)26(29)19(6)23(22)13-21-9-16(3)25(28)17(4)10-21/h7-11,27-29H,12-13H2,1-6H3.